The second-order valence-electron chi connectivity index (χ2n) is 5.33. The van der Waals surface area contributed by atoms with Gasteiger partial charge in [-0.25, -0.2) is 8.42 Å². The van der Waals surface area contributed by atoms with E-state index in [0.717, 1.165) is 12.8 Å². The van der Waals surface area contributed by atoms with Gasteiger partial charge in [0.25, 0.3) is 15.0 Å². The fourth-order valence-corrected chi connectivity index (χ4v) is 3.44. The molecule has 1 aromatic carbocycles. The molecule has 1 aliphatic carbocycles. The van der Waals surface area contributed by atoms with Gasteiger partial charge in [-0.1, -0.05) is 12.8 Å². The van der Waals surface area contributed by atoms with Crippen LogP contribution in [0.15, 0.2) is 23.1 Å². The number of carbonyl (C=O) groups excluding carboxylic acids is 1. The molecule has 0 aromatic heterocycles. The van der Waals surface area contributed by atoms with Gasteiger partial charge in [0.1, 0.15) is 0 Å². The quantitative estimate of drug-likeness (QED) is 0.869. The average Bonchev–Trinajstić information content (AvgIpc) is 2.87. The van der Waals surface area contributed by atoms with E-state index < -0.39 is 9.05 Å². The third kappa shape index (κ3) is 3.96. The van der Waals surface area contributed by atoms with E-state index in [4.69, 9.17) is 10.7 Å². The first-order chi connectivity index (χ1) is 9.36. The van der Waals surface area contributed by atoms with Crippen LogP contribution >= 0.6 is 10.7 Å². The van der Waals surface area contributed by atoms with Crippen LogP contribution in [0.4, 0.5) is 0 Å². The lowest BCUT2D eigenvalue weighted by molar-refractivity contribution is 0.0947. The maximum absolute atomic E-state index is 12.1. The molecule has 1 fully saturated rings. The molecule has 0 aliphatic heterocycles. The van der Waals surface area contributed by atoms with Crippen molar-refractivity contribution in [2.45, 2.75) is 37.5 Å². The van der Waals surface area contributed by atoms with E-state index in [-0.39, 0.29) is 10.8 Å². The highest BCUT2D eigenvalue weighted by Gasteiger charge is 2.18. The van der Waals surface area contributed by atoms with Crippen LogP contribution in [0.2, 0.25) is 0 Å². The van der Waals surface area contributed by atoms with Gasteiger partial charge in [0.05, 0.1) is 4.90 Å². The standard InChI is InChI=1S/C14H18ClNO3S/c1-10-6-12(8-13(7-10)20(15,18)19)14(17)16-9-11-4-2-3-5-11/h6-8,11H,2-5,9H2,1H3,(H,16,17). The second kappa shape index (κ2) is 6.14. The van der Waals surface area contributed by atoms with Crippen molar-refractivity contribution in [2.24, 2.45) is 5.92 Å². The van der Waals surface area contributed by atoms with Crippen LogP contribution in [-0.4, -0.2) is 20.9 Å². The molecule has 110 valence electrons. The topological polar surface area (TPSA) is 63.2 Å². The molecule has 20 heavy (non-hydrogen) atoms. The maximum Gasteiger partial charge on any atom is 0.261 e. The lowest BCUT2D eigenvalue weighted by atomic mass is 10.1. The Labute approximate surface area is 123 Å². The number of halogens is 1. The van der Waals surface area contributed by atoms with Gasteiger partial charge in [0.15, 0.2) is 0 Å². The van der Waals surface area contributed by atoms with E-state index in [1.54, 1.807) is 13.0 Å². The third-order valence-electron chi connectivity index (χ3n) is 3.62. The molecule has 1 N–H and O–H groups in total. The van der Waals surface area contributed by atoms with E-state index >= 15 is 0 Å². The van der Waals surface area contributed by atoms with Gasteiger partial charge in [-0.15, -0.1) is 0 Å². The molecule has 1 aliphatic rings. The van der Waals surface area contributed by atoms with Crippen molar-refractivity contribution < 1.29 is 13.2 Å². The van der Waals surface area contributed by atoms with E-state index in [2.05, 4.69) is 5.32 Å². The van der Waals surface area contributed by atoms with E-state index in [9.17, 15) is 13.2 Å². The van der Waals surface area contributed by atoms with Gasteiger partial charge >= 0.3 is 0 Å². The molecule has 0 bridgehead atoms. The average molecular weight is 316 g/mol. The minimum absolute atomic E-state index is 0.0369. The summed E-state index contributed by atoms with van der Waals surface area (Å²) in [5.41, 5.74) is 1.03. The molecule has 1 aromatic rings. The zero-order chi connectivity index (χ0) is 14.8. The maximum atomic E-state index is 12.1. The van der Waals surface area contributed by atoms with Crippen LogP contribution in [0, 0.1) is 12.8 Å². The molecule has 0 heterocycles. The Balaban J connectivity index is 2.11. The summed E-state index contributed by atoms with van der Waals surface area (Å²) in [6.45, 7) is 2.38. The van der Waals surface area contributed by atoms with Crippen molar-refractivity contribution in [3.63, 3.8) is 0 Å². The molecule has 0 radical (unpaired) electrons. The molecule has 4 nitrogen and oxygen atoms in total. The van der Waals surface area contributed by atoms with Crippen molar-refractivity contribution in [1.82, 2.24) is 5.32 Å². The highest BCUT2D eigenvalue weighted by atomic mass is 35.7. The van der Waals surface area contributed by atoms with Gasteiger partial charge in [0, 0.05) is 22.8 Å². The fraction of sp³-hybridized carbons (Fsp3) is 0.500. The van der Waals surface area contributed by atoms with Crippen molar-refractivity contribution in [3.8, 4) is 0 Å². The molecular weight excluding hydrogens is 298 g/mol. The number of hydrogen-bond donors (Lipinski definition) is 1. The van der Waals surface area contributed by atoms with Crippen molar-refractivity contribution >= 4 is 25.6 Å². The largest absolute Gasteiger partial charge is 0.352 e. The van der Waals surface area contributed by atoms with Gasteiger partial charge in [-0.2, -0.15) is 0 Å². The minimum Gasteiger partial charge on any atom is -0.352 e. The number of benzene rings is 1. The SMILES string of the molecule is Cc1cc(C(=O)NCC2CCCC2)cc(S(=O)(=O)Cl)c1. The van der Waals surface area contributed by atoms with Crippen molar-refractivity contribution in [2.75, 3.05) is 6.54 Å². The molecule has 2 rings (SSSR count). The van der Waals surface area contributed by atoms with Crippen LogP contribution in [-0.2, 0) is 9.05 Å². The first kappa shape index (κ1) is 15.3. The lowest BCUT2D eigenvalue weighted by Crippen LogP contribution is -2.28. The molecule has 6 heteroatoms. The Morgan fingerprint density at radius 2 is 1.95 bits per heavy atom. The Morgan fingerprint density at radius 1 is 1.30 bits per heavy atom. The zero-order valence-corrected chi connectivity index (χ0v) is 12.9. The highest BCUT2D eigenvalue weighted by Crippen LogP contribution is 2.24. The highest BCUT2D eigenvalue weighted by molar-refractivity contribution is 8.13. The van der Waals surface area contributed by atoms with Crippen LogP contribution in [0.1, 0.15) is 41.6 Å². The number of carbonyl (C=O) groups is 1. The predicted octanol–water partition coefficient (Wildman–Crippen LogP) is 2.84. The summed E-state index contributed by atoms with van der Waals surface area (Å²) in [5.74, 6) is 0.294. The normalized spacial score (nSPS) is 16.3. The van der Waals surface area contributed by atoms with Crippen LogP contribution in [0.25, 0.3) is 0 Å². The number of aryl methyl sites for hydroxylation is 1. The summed E-state index contributed by atoms with van der Waals surface area (Å²) in [4.78, 5) is 12.0. The molecule has 1 amide bonds. The molecule has 1 saturated carbocycles. The van der Waals surface area contributed by atoms with Crippen molar-refractivity contribution in [1.29, 1.82) is 0 Å². The molecular formula is C14H18ClNO3S. The van der Waals surface area contributed by atoms with Gasteiger partial charge in [0.2, 0.25) is 0 Å². The van der Waals surface area contributed by atoms with Gasteiger partial charge < -0.3 is 5.32 Å². The number of hydrogen-bond acceptors (Lipinski definition) is 3. The monoisotopic (exact) mass is 315 g/mol. The lowest BCUT2D eigenvalue weighted by Gasteiger charge is -2.11. The third-order valence-corrected chi connectivity index (χ3v) is 4.95. The Hall–Kier alpha value is -1.07. The smallest absolute Gasteiger partial charge is 0.261 e. The fourth-order valence-electron chi connectivity index (χ4n) is 2.57. The summed E-state index contributed by atoms with van der Waals surface area (Å²) >= 11 is 0. The van der Waals surface area contributed by atoms with Crippen LogP contribution in [0.3, 0.4) is 0 Å². The van der Waals surface area contributed by atoms with Crippen molar-refractivity contribution in [3.05, 3.63) is 29.3 Å². The molecule has 0 saturated heterocycles. The zero-order valence-electron chi connectivity index (χ0n) is 11.4. The summed E-state index contributed by atoms with van der Waals surface area (Å²) in [6.07, 6.45) is 4.74. The second-order valence-corrected chi connectivity index (χ2v) is 7.90. The van der Waals surface area contributed by atoms with Gasteiger partial charge in [-0.05, 0) is 49.4 Å². The minimum atomic E-state index is -3.82. The van der Waals surface area contributed by atoms with E-state index in [1.165, 1.54) is 25.0 Å². The predicted molar refractivity (Wildman–Crippen MR) is 78.5 cm³/mol. The van der Waals surface area contributed by atoms with Crippen LogP contribution < -0.4 is 5.32 Å². The van der Waals surface area contributed by atoms with E-state index in [1.807, 2.05) is 0 Å². The number of amides is 1. The first-order valence-electron chi connectivity index (χ1n) is 6.71. The molecule has 0 atom stereocenters. The number of rotatable bonds is 4. The van der Waals surface area contributed by atoms with Crippen LogP contribution in [0.5, 0.6) is 0 Å². The Bertz CT molecular complexity index is 607. The summed E-state index contributed by atoms with van der Waals surface area (Å²) in [6, 6.07) is 4.44. The first-order valence-corrected chi connectivity index (χ1v) is 9.02. The molecule has 0 spiro atoms. The van der Waals surface area contributed by atoms with E-state index in [0.29, 0.717) is 23.6 Å². The Kier molecular flexibility index (Phi) is 4.70. The summed E-state index contributed by atoms with van der Waals surface area (Å²) < 4.78 is 22.7. The summed E-state index contributed by atoms with van der Waals surface area (Å²) in [7, 11) is 1.51. The molecule has 0 unspecified atom stereocenters. The summed E-state index contributed by atoms with van der Waals surface area (Å²) in [5, 5.41) is 2.87. The number of nitrogens with one attached hydrogen (secondary N) is 1. The van der Waals surface area contributed by atoms with Gasteiger partial charge in [-0.3, -0.25) is 4.79 Å². The Morgan fingerprint density at radius 3 is 2.55 bits per heavy atom.